The predicted octanol–water partition coefficient (Wildman–Crippen LogP) is 2.20. The minimum absolute atomic E-state index is 0.140. The Balaban J connectivity index is 2.93. The summed E-state index contributed by atoms with van der Waals surface area (Å²) in [7, 11) is 0. The van der Waals surface area contributed by atoms with Crippen LogP contribution in [-0.4, -0.2) is 5.78 Å². The van der Waals surface area contributed by atoms with E-state index in [-0.39, 0.29) is 11.2 Å². The summed E-state index contributed by atoms with van der Waals surface area (Å²) >= 11 is 0. The molecule has 14 heavy (non-hydrogen) atoms. The van der Waals surface area contributed by atoms with E-state index >= 15 is 0 Å². The Labute approximate surface area is 84.3 Å². The van der Waals surface area contributed by atoms with Crippen molar-refractivity contribution < 1.29 is 4.79 Å². The Kier molecular flexibility index (Phi) is 2.91. The number of Topliss-reactive ketones (excluding diaryl/α,β-unsaturated/α-hetero) is 1. The highest BCUT2D eigenvalue weighted by Gasteiger charge is 2.22. The van der Waals surface area contributed by atoms with Crippen molar-refractivity contribution >= 4 is 11.5 Å². The van der Waals surface area contributed by atoms with Crippen LogP contribution in [0.15, 0.2) is 24.3 Å². The van der Waals surface area contributed by atoms with Crippen molar-refractivity contribution in [3.05, 3.63) is 29.8 Å². The number of nitrogens with one attached hydrogen (secondary N) is 1. The molecule has 1 rings (SSSR count). The van der Waals surface area contributed by atoms with E-state index in [2.05, 4.69) is 5.43 Å². The van der Waals surface area contributed by atoms with Crippen LogP contribution >= 0.6 is 0 Å². The molecule has 0 saturated carbocycles. The fourth-order valence-corrected chi connectivity index (χ4v) is 1.15. The molecule has 0 bridgehead atoms. The first-order valence-electron chi connectivity index (χ1n) is 4.56. The van der Waals surface area contributed by atoms with E-state index in [0.29, 0.717) is 0 Å². The molecule has 0 spiro atoms. The molecule has 0 saturated heterocycles. The maximum Gasteiger partial charge on any atom is 0.168 e. The number of hydrazine groups is 1. The van der Waals surface area contributed by atoms with Crippen LogP contribution in [0, 0.1) is 5.41 Å². The third-order valence-corrected chi connectivity index (χ3v) is 1.99. The van der Waals surface area contributed by atoms with Gasteiger partial charge in [-0.05, 0) is 24.3 Å². The summed E-state index contributed by atoms with van der Waals surface area (Å²) in [6, 6.07) is 7.14. The summed E-state index contributed by atoms with van der Waals surface area (Å²) in [5.74, 6) is 5.37. The third kappa shape index (κ3) is 2.33. The van der Waals surface area contributed by atoms with Crippen LogP contribution in [0.4, 0.5) is 5.69 Å². The molecule has 3 N–H and O–H groups in total. The molecule has 3 heteroatoms. The highest BCUT2D eigenvalue weighted by Crippen LogP contribution is 2.21. The van der Waals surface area contributed by atoms with Crippen molar-refractivity contribution in [2.45, 2.75) is 20.8 Å². The molecule has 0 radical (unpaired) electrons. The van der Waals surface area contributed by atoms with Gasteiger partial charge in [-0.15, -0.1) is 0 Å². The average Bonchev–Trinajstić information content (AvgIpc) is 2.15. The zero-order chi connectivity index (χ0) is 10.8. The number of ketones is 1. The first kappa shape index (κ1) is 10.7. The van der Waals surface area contributed by atoms with Gasteiger partial charge in [-0.2, -0.15) is 0 Å². The van der Waals surface area contributed by atoms with Crippen molar-refractivity contribution in [2.24, 2.45) is 11.3 Å². The van der Waals surface area contributed by atoms with Gasteiger partial charge in [0.05, 0.1) is 0 Å². The van der Waals surface area contributed by atoms with Gasteiger partial charge in [0.1, 0.15) is 0 Å². The van der Waals surface area contributed by atoms with Crippen LogP contribution in [0.3, 0.4) is 0 Å². The summed E-state index contributed by atoms with van der Waals surface area (Å²) in [6.45, 7) is 5.72. The molecule has 0 atom stereocenters. The molecule has 0 aromatic heterocycles. The fourth-order valence-electron chi connectivity index (χ4n) is 1.15. The van der Waals surface area contributed by atoms with E-state index in [1.54, 1.807) is 24.3 Å². The standard InChI is InChI=1S/C11H16N2O/c1-11(2,3)10(14)8-4-6-9(13-12)7-5-8/h4-7,13H,12H2,1-3H3. The number of carbonyl (C=O) groups excluding carboxylic acids is 1. The molecule has 0 aliphatic carbocycles. The maximum atomic E-state index is 11.8. The van der Waals surface area contributed by atoms with Gasteiger partial charge in [0.15, 0.2) is 5.78 Å². The van der Waals surface area contributed by atoms with Crippen LogP contribution in [-0.2, 0) is 0 Å². The summed E-state index contributed by atoms with van der Waals surface area (Å²) in [5, 5.41) is 0. The fraction of sp³-hybridized carbons (Fsp3) is 0.364. The molecule has 76 valence electrons. The van der Waals surface area contributed by atoms with Crippen molar-refractivity contribution in [1.29, 1.82) is 0 Å². The Morgan fingerprint density at radius 2 is 1.71 bits per heavy atom. The molecule has 1 aromatic carbocycles. The molecule has 0 fully saturated rings. The number of benzene rings is 1. The summed E-state index contributed by atoms with van der Waals surface area (Å²) < 4.78 is 0. The Hall–Kier alpha value is -1.35. The molecule has 3 nitrogen and oxygen atoms in total. The number of hydrogen-bond donors (Lipinski definition) is 2. The number of nitrogens with two attached hydrogens (primary N) is 1. The Morgan fingerprint density at radius 1 is 1.21 bits per heavy atom. The SMILES string of the molecule is CC(C)(C)C(=O)c1ccc(NN)cc1. The molecule has 0 amide bonds. The van der Waals surface area contributed by atoms with Gasteiger partial charge in [-0.1, -0.05) is 20.8 Å². The van der Waals surface area contributed by atoms with E-state index in [4.69, 9.17) is 5.84 Å². The second kappa shape index (κ2) is 3.80. The molecule has 0 aliphatic heterocycles. The van der Waals surface area contributed by atoms with Gasteiger partial charge in [0.25, 0.3) is 0 Å². The zero-order valence-corrected chi connectivity index (χ0v) is 8.79. The number of hydrogen-bond acceptors (Lipinski definition) is 3. The second-order valence-corrected chi connectivity index (χ2v) is 4.30. The quantitative estimate of drug-likeness (QED) is 0.429. The summed E-state index contributed by atoms with van der Waals surface area (Å²) in [4.78, 5) is 11.8. The van der Waals surface area contributed by atoms with E-state index in [9.17, 15) is 4.79 Å². The summed E-state index contributed by atoms with van der Waals surface area (Å²) in [6.07, 6.45) is 0. The van der Waals surface area contributed by atoms with Crippen LogP contribution in [0.5, 0.6) is 0 Å². The van der Waals surface area contributed by atoms with Gasteiger partial charge in [0.2, 0.25) is 0 Å². The van der Waals surface area contributed by atoms with Crippen LogP contribution in [0.25, 0.3) is 0 Å². The lowest BCUT2D eigenvalue weighted by molar-refractivity contribution is 0.0858. The normalized spacial score (nSPS) is 11.1. The predicted molar refractivity (Wildman–Crippen MR) is 58.0 cm³/mol. The first-order chi connectivity index (χ1) is 6.45. The number of rotatable bonds is 2. The molecule has 1 aromatic rings. The maximum absolute atomic E-state index is 11.8. The smallest absolute Gasteiger partial charge is 0.168 e. The molecule has 0 aliphatic rings. The highest BCUT2D eigenvalue weighted by atomic mass is 16.1. The Bertz CT molecular complexity index is 322. The van der Waals surface area contributed by atoms with Crippen LogP contribution < -0.4 is 11.3 Å². The van der Waals surface area contributed by atoms with Crippen molar-refractivity contribution in [3.63, 3.8) is 0 Å². The largest absolute Gasteiger partial charge is 0.324 e. The topological polar surface area (TPSA) is 55.1 Å². The van der Waals surface area contributed by atoms with E-state index in [1.807, 2.05) is 20.8 Å². The number of carbonyl (C=O) groups is 1. The lowest BCUT2D eigenvalue weighted by atomic mass is 9.86. The summed E-state index contributed by atoms with van der Waals surface area (Å²) in [5.41, 5.74) is 3.71. The first-order valence-corrected chi connectivity index (χ1v) is 4.56. The molecular weight excluding hydrogens is 176 g/mol. The number of anilines is 1. The van der Waals surface area contributed by atoms with Gasteiger partial charge in [-0.25, -0.2) is 0 Å². The second-order valence-electron chi connectivity index (χ2n) is 4.30. The zero-order valence-electron chi connectivity index (χ0n) is 8.79. The monoisotopic (exact) mass is 192 g/mol. The Morgan fingerprint density at radius 3 is 2.07 bits per heavy atom. The van der Waals surface area contributed by atoms with Crippen molar-refractivity contribution in [1.82, 2.24) is 0 Å². The lowest BCUT2D eigenvalue weighted by Crippen LogP contribution is -2.20. The van der Waals surface area contributed by atoms with Gasteiger partial charge >= 0.3 is 0 Å². The van der Waals surface area contributed by atoms with Crippen molar-refractivity contribution in [3.8, 4) is 0 Å². The highest BCUT2D eigenvalue weighted by molar-refractivity contribution is 5.99. The number of nitrogen functional groups attached to an aromatic ring is 1. The van der Waals surface area contributed by atoms with E-state index in [1.165, 1.54) is 0 Å². The van der Waals surface area contributed by atoms with Gasteiger partial charge < -0.3 is 5.43 Å². The van der Waals surface area contributed by atoms with E-state index < -0.39 is 0 Å². The molecule has 0 heterocycles. The van der Waals surface area contributed by atoms with Crippen LogP contribution in [0.1, 0.15) is 31.1 Å². The average molecular weight is 192 g/mol. The third-order valence-electron chi connectivity index (χ3n) is 1.99. The van der Waals surface area contributed by atoms with Gasteiger partial charge in [-0.3, -0.25) is 10.6 Å². The lowest BCUT2D eigenvalue weighted by Gasteiger charge is -2.16. The van der Waals surface area contributed by atoms with E-state index in [0.717, 1.165) is 11.3 Å². The minimum Gasteiger partial charge on any atom is -0.324 e. The molecule has 0 unspecified atom stereocenters. The molecular formula is C11H16N2O. The minimum atomic E-state index is -0.336. The van der Waals surface area contributed by atoms with Crippen molar-refractivity contribution in [2.75, 3.05) is 5.43 Å². The van der Waals surface area contributed by atoms with Gasteiger partial charge in [0, 0.05) is 16.7 Å². The van der Waals surface area contributed by atoms with Crippen LogP contribution in [0.2, 0.25) is 0 Å².